The minimum atomic E-state index is -0.295. The molecule has 2 aromatic heterocycles. The van der Waals surface area contributed by atoms with E-state index in [1.807, 2.05) is 18.2 Å². The molecule has 2 amide bonds. The van der Waals surface area contributed by atoms with E-state index in [0.29, 0.717) is 43.4 Å². The second-order valence-electron chi connectivity index (χ2n) is 6.50. The van der Waals surface area contributed by atoms with E-state index in [1.165, 1.54) is 0 Å². The zero-order valence-corrected chi connectivity index (χ0v) is 14.5. The molecular formula is C18H20N6O2. The van der Waals surface area contributed by atoms with Gasteiger partial charge in [0.05, 0.1) is 12.2 Å². The molecule has 1 fully saturated rings. The van der Waals surface area contributed by atoms with Gasteiger partial charge in [-0.15, -0.1) is 0 Å². The van der Waals surface area contributed by atoms with Gasteiger partial charge in [0.2, 0.25) is 11.8 Å². The Bertz CT molecular complexity index is 854. The topological polar surface area (TPSA) is 100 Å². The molecule has 0 bridgehead atoms. The van der Waals surface area contributed by atoms with Crippen molar-refractivity contribution >= 4 is 17.6 Å². The summed E-state index contributed by atoms with van der Waals surface area (Å²) in [7, 11) is 0. The number of hydrogen-bond donors (Lipinski definition) is 2. The molecule has 26 heavy (non-hydrogen) atoms. The van der Waals surface area contributed by atoms with E-state index < -0.39 is 0 Å². The van der Waals surface area contributed by atoms with Crippen LogP contribution in [0.25, 0.3) is 11.5 Å². The predicted octanol–water partition coefficient (Wildman–Crippen LogP) is 0.744. The molecule has 0 saturated carbocycles. The van der Waals surface area contributed by atoms with Gasteiger partial charge in [0, 0.05) is 31.8 Å². The van der Waals surface area contributed by atoms with Crippen molar-refractivity contribution in [2.75, 3.05) is 18.4 Å². The van der Waals surface area contributed by atoms with Crippen LogP contribution in [0.15, 0.2) is 24.4 Å². The number of hydrogen-bond acceptors (Lipinski definition) is 6. The van der Waals surface area contributed by atoms with Crippen molar-refractivity contribution in [3.8, 4) is 11.5 Å². The highest BCUT2D eigenvalue weighted by Crippen LogP contribution is 2.27. The lowest BCUT2D eigenvalue weighted by Gasteiger charge is -2.29. The van der Waals surface area contributed by atoms with Crippen molar-refractivity contribution in [3.63, 3.8) is 0 Å². The lowest BCUT2D eigenvalue weighted by Crippen LogP contribution is -2.36. The Hall–Kier alpha value is -3.03. The zero-order chi connectivity index (χ0) is 18.1. The number of aromatic nitrogens is 3. The number of amides is 2. The molecule has 2 aliphatic rings. The van der Waals surface area contributed by atoms with Crippen LogP contribution in [0, 0.1) is 0 Å². The van der Waals surface area contributed by atoms with Gasteiger partial charge >= 0.3 is 0 Å². The Morgan fingerprint density at radius 3 is 2.92 bits per heavy atom. The van der Waals surface area contributed by atoms with Gasteiger partial charge in [-0.25, -0.2) is 9.97 Å². The zero-order valence-electron chi connectivity index (χ0n) is 14.5. The molecule has 4 rings (SSSR count). The fourth-order valence-corrected chi connectivity index (χ4v) is 3.32. The van der Waals surface area contributed by atoms with E-state index in [2.05, 4.69) is 25.6 Å². The molecule has 2 aromatic rings. The van der Waals surface area contributed by atoms with Crippen molar-refractivity contribution in [3.05, 3.63) is 35.7 Å². The summed E-state index contributed by atoms with van der Waals surface area (Å²) in [4.78, 5) is 39.1. The second-order valence-corrected chi connectivity index (χ2v) is 6.50. The maximum absolute atomic E-state index is 12.0. The molecule has 0 aliphatic carbocycles. The van der Waals surface area contributed by atoms with Gasteiger partial charge in [0.25, 0.3) is 0 Å². The van der Waals surface area contributed by atoms with Crippen molar-refractivity contribution in [2.24, 2.45) is 0 Å². The second kappa shape index (κ2) is 6.70. The smallest absolute Gasteiger partial charge is 0.242 e. The highest BCUT2D eigenvalue weighted by Gasteiger charge is 2.29. The molecule has 1 unspecified atom stereocenters. The van der Waals surface area contributed by atoms with E-state index in [1.54, 1.807) is 18.0 Å². The van der Waals surface area contributed by atoms with Crippen LogP contribution in [0.3, 0.4) is 0 Å². The molecule has 0 spiro atoms. The van der Waals surface area contributed by atoms with Crippen LogP contribution >= 0.6 is 0 Å². The average molecular weight is 352 g/mol. The first kappa shape index (κ1) is 16.4. The van der Waals surface area contributed by atoms with Crippen molar-refractivity contribution in [1.82, 2.24) is 25.2 Å². The third-order valence-corrected chi connectivity index (χ3v) is 4.76. The first-order chi connectivity index (χ1) is 12.6. The number of pyridine rings is 1. The summed E-state index contributed by atoms with van der Waals surface area (Å²) in [5.74, 6) is 1.17. The molecule has 0 radical (unpaired) electrons. The van der Waals surface area contributed by atoms with E-state index in [4.69, 9.17) is 0 Å². The third kappa shape index (κ3) is 3.10. The first-order valence-corrected chi connectivity index (χ1v) is 8.73. The molecule has 1 saturated heterocycles. The summed E-state index contributed by atoms with van der Waals surface area (Å²) in [6, 6.07) is 5.27. The van der Waals surface area contributed by atoms with Gasteiger partial charge in [0.1, 0.15) is 17.6 Å². The molecule has 2 N–H and O–H groups in total. The Labute approximate surface area is 151 Å². The summed E-state index contributed by atoms with van der Waals surface area (Å²) >= 11 is 0. The predicted molar refractivity (Wildman–Crippen MR) is 95.1 cm³/mol. The molecule has 2 aliphatic heterocycles. The minimum Gasteiger partial charge on any atom is -0.358 e. The van der Waals surface area contributed by atoms with Crippen molar-refractivity contribution in [1.29, 1.82) is 0 Å². The van der Waals surface area contributed by atoms with Crippen molar-refractivity contribution < 1.29 is 9.59 Å². The number of rotatable bonds is 3. The molecule has 0 aromatic carbocycles. The Kier molecular flexibility index (Phi) is 4.24. The summed E-state index contributed by atoms with van der Waals surface area (Å²) in [5.41, 5.74) is 2.44. The van der Waals surface area contributed by atoms with E-state index >= 15 is 0 Å². The van der Waals surface area contributed by atoms with Crippen LogP contribution in [-0.4, -0.2) is 50.8 Å². The van der Waals surface area contributed by atoms with Gasteiger partial charge in [-0.3, -0.25) is 14.6 Å². The minimum absolute atomic E-state index is 0.0158. The highest BCUT2D eigenvalue weighted by molar-refractivity contribution is 5.86. The quantitative estimate of drug-likeness (QED) is 0.845. The molecule has 134 valence electrons. The highest BCUT2D eigenvalue weighted by atomic mass is 16.2. The van der Waals surface area contributed by atoms with Gasteiger partial charge < -0.3 is 15.5 Å². The van der Waals surface area contributed by atoms with Gasteiger partial charge in [-0.05, 0) is 25.0 Å². The average Bonchev–Trinajstić information content (AvgIpc) is 3.06. The fraction of sp³-hybridized carbons (Fsp3) is 0.389. The van der Waals surface area contributed by atoms with E-state index in [-0.39, 0.29) is 17.9 Å². The normalized spacial score (nSPS) is 19.0. The summed E-state index contributed by atoms with van der Waals surface area (Å²) < 4.78 is 0. The molecule has 8 nitrogen and oxygen atoms in total. The standard InChI is InChI=1S/C18H20N6O2/c1-11(25)24-9-6-12-15(10-24)22-17(13-4-2-3-7-19-13)23-16(12)21-14-5-8-20-18(14)26/h2-4,7,14H,5-6,8-10H2,1H3,(H,20,26)(H,21,22,23). The largest absolute Gasteiger partial charge is 0.358 e. The Morgan fingerprint density at radius 1 is 1.35 bits per heavy atom. The van der Waals surface area contributed by atoms with Crippen molar-refractivity contribution in [2.45, 2.75) is 32.4 Å². The van der Waals surface area contributed by atoms with Gasteiger partial charge in [-0.2, -0.15) is 0 Å². The summed E-state index contributed by atoms with van der Waals surface area (Å²) in [5, 5.41) is 6.11. The van der Waals surface area contributed by atoms with E-state index in [9.17, 15) is 9.59 Å². The SMILES string of the molecule is CC(=O)N1CCc2c(nc(-c3ccccn3)nc2NC2CCNC2=O)C1. The van der Waals surface area contributed by atoms with Crippen LogP contribution in [0.1, 0.15) is 24.6 Å². The van der Waals surface area contributed by atoms with Crippen LogP contribution < -0.4 is 10.6 Å². The number of carbonyl (C=O) groups is 2. The Balaban J connectivity index is 1.75. The molecule has 1 atom stereocenters. The number of carbonyl (C=O) groups excluding carboxylic acids is 2. The molecule has 4 heterocycles. The summed E-state index contributed by atoms with van der Waals surface area (Å²) in [6.45, 7) is 3.29. The summed E-state index contributed by atoms with van der Waals surface area (Å²) in [6.07, 6.45) is 3.07. The molecular weight excluding hydrogens is 332 g/mol. The van der Waals surface area contributed by atoms with Crippen LogP contribution in [0.4, 0.5) is 5.82 Å². The van der Waals surface area contributed by atoms with E-state index in [0.717, 1.165) is 17.7 Å². The Morgan fingerprint density at radius 2 is 2.23 bits per heavy atom. The number of fused-ring (bicyclic) bond motifs is 1. The fourth-order valence-electron chi connectivity index (χ4n) is 3.32. The van der Waals surface area contributed by atoms with Gasteiger partial charge in [-0.1, -0.05) is 6.07 Å². The number of nitrogens with one attached hydrogen (secondary N) is 2. The molecule has 8 heteroatoms. The van der Waals surface area contributed by atoms with Crippen LogP contribution in [0.2, 0.25) is 0 Å². The maximum Gasteiger partial charge on any atom is 0.242 e. The maximum atomic E-state index is 12.0. The van der Waals surface area contributed by atoms with Crippen LogP contribution in [0.5, 0.6) is 0 Å². The monoisotopic (exact) mass is 352 g/mol. The third-order valence-electron chi connectivity index (χ3n) is 4.76. The first-order valence-electron chi connectivity index (χ1n) is 8.73. The van der Waals surface area contributed by atoms with Crippen LogP contribution in [-0.2, 0) is 22.6 Å². The number of nitrogens with zero attached hydrogens (tertiary/aromatic N) is 4. The number of anilines is 1. The van der Waals surface area contributed by atoms with Gasteiger partial charge in [0.15, 0.2) is 5.82 Å². The lowest BCUT2D eigenvalue weighted by molar-refractivity contribution is -0.129. The lowest BCUT2D eigenvalue weighted by atomic mass is 10.0.